The van der Waals surface area contributed by atoms with E-state index in [4.69, 9.17) is 9.63 Å². The van der Waals surface area contributed by atoms with Gasteiger partial charge in [0.2, 0.25) is 0 Å². The van der Waals surface area contributed by atoms with Crippen LogP contribution in [-0.4, -0.2) is 50.8 Å². The lowest BCUT2D eigenvalue weighted by Gasteiger charge is -2.35. The maximum absolute atomic E-state index is 12.9. The normalized spacial score (nSPS) is 16.3. The third-order valence-electron chi connectivity index (χ3n) is 4.95. The molecule has 144 valence electrons. The molecule has 3 rings (SSSR count). The van der Waals surface area contributed by atoms with Crippen LogP contribution in [0.15, 0.2) is 33.7 Å². The lowest BCUT2D eigenvalue weighted by molar-refractivity contribution is -0.162. The second-order valence-electron chi connectivity index (χ2n) is 6.72. The summed E-state index contributed by atoms with van der Waals surface area (Å²) in [6, 6.07) is 7.36. The average Bonchev–Trinajstić information content (AvgIpc) is 2.98. The number of aromatic nitrogens is 1. The largest absolute Gasteiger partial charge is 0.479 e. The van der Waals surface area contributed by atoms with Gasteiger partial charge in [0.1, 0.15) is 5.76 Å². The first kappa shape index (κ1) is 19.4. The molecule has 1 aromatic heterocycles. The third-order valence-corrected chi connectivity index (χ3v) is 6.05. The van der Waals surface area contributed by atoms with Crippen LogP contribution >= 0.6 is 11.8 Å². The van der Waals surface area contributed by atoms with Crippen molar-refractivity contribution in [1.29, 1.82) is 0 Å². The molecule has 2 heterocycles. The van der Waals surface area contributed by atoms with Crippen molar-refractivity contribution in [2.45, 2.75) is 42.9 Å². The molecule has 1 saturated heterocycles. The first-order valence-corrected chi connectivity index (χ1v) is 9.69. The summed E-state index contributed by atoms with van der Waals surface area (Å²) < 4.78 is 5.19. The Morgan fingerprint density at radius 3 is 2.52 bits per heavy atom. The molecular weight excluding hydrogens is 368 g/mol. The van der Waals surface area contributed by atoms with E-state index < -0.39 is 11.6 Å². The van der Waals surface area contributed by atoms with Gasteiger partial charge in [-0.2, -0.15) is 0 Å². The minimum absolute atomic E-state index is 0.0302. The molecule has 2 N–H and O–H groups in total. The summed E-state index contributed by atoms with van der Waals surface area (Å²) in [5.74, 6) is 0.0339. The Bertz CT molecular complexity index is 836. The van der Waals surface area contributed by atoms with E-state index in [1.54, 1.807) is 11.0 Å². The number of carbonyl (C=O) groups excluding carboxylic acids is 1. The fraction of sp³-hybridized carbons (Fsp3) is 0.421. The van der Waals surface area contributed by atoms with Crippen LogP contribution in [0.5, 0.6) is 0 Å². The highest BCUT2D eigenvalue weighted by atomic mass is 32.2. The topological polar surface area (TPSA) is 104 Å². The fourth-order valence-corrected chi connectivity index (χ4v) is 4.29. The Labute approximate surface area is 161 Å². The van der Waals surface area contributed by atoms with Crippen LogP contribution in [0.3, 0.4) is 0 Å². The molecule has 0 spiro atoms. The van der Waals surface area contributed by atoms with Crippen molar-refractivity contribution in [3.8, 4) is 0 Å². The van der Waals surface area contributed by atoms with Gasteiger partial charge in [0, 0.05) is 42.1 Å². The molecule has 0 saturated carbocycles. The zero-order valence-corrected chi connectivity index (χ0v) is 16.1. The van der Waals surface area contributed by atoms with E-state index in [9.17, 15) is 14.7 Å². The van der Waals surface area contributed by atoms with Crippen LogP contribution in [0.4, 0.5) is 0 Å². The molecule has 1 amide bonds. The van der Waals surface area contributed by atoms with E-state index in [1.165, 1.54) is 11.8 Å². The zero-order chi connectivity index (χ0) is 19.6. The minimum atomic E-state index is -1.74. The number of nitrogens with zero attached hydrogens (tertiary/aromatic N) is 2. The number of carbonyl (C=O) groups is 2. The molecule has 1 aromatic carbocycles. The molecule has 2 aromatic rings. The van der Waals surface area contributed by atoms with Gasteiger partial charge in [-0.1, -0.05) is 17.3 Å². The Morgan fingerprint density at radius 1 is 1.26 bits per heavy atom. The van der Waals surface area contributed by atoms with Crippen LogP contribution in [0.25, 0.3) is 0 Å². The number of aryl methyl sites for hydroxylation is 2. The van der Waals surface area contributed by atoms with E-state index >= 15 is 0 Å². The quantitative estimate of drug-likeness (QED) is 0.756. The predicted molar refractivity (Wildman–Crippen MR) is 99.7 cm³/mol. The van der Waals surface area contributed by atoms with Gasteiger partial charge in [0.15, 0.2) is 5.60 Å². The van der Waals surface area contributed by atoms with Gasteiger partial charge >= 0.3 is 5.97 Å². The second-order valence-corrected chi connectivity index (χ2v) is 7.73. The van der Waals surface area contributed by atoms with Crippen molar-refractivity contribution < 1.29 is 24.3 Å². The Kier molecular flexibility index (Phi) is 5.57. The van der Waals surface area contributed by atoms with E-state index in [1.807, 2.05) is 32.0 Å². The summed E-state index contributed by atoms with van der Waals surface area (Å²) in [7, 11) is 0. The molecule has 0 atom stereocenters. The lowest BCUT2D eigenvalue weighted by Crippen LogP contribution is -2.50. The summed E-state index contributed by atoms with van der Waals surface area (Å²) in [6.07, 6.45) is 0.0604. The van der Waals surface area contributed by atoms with Gasteiger partial charge in [-0.05, 0) is 26.0 Å². The molecule has 8 heteroatoms. The van der Waals surface area contributed by atoms with E-state index in [2.05, 4.69) is 5.16 Å². The molecule has 27 heavy (non-hydrogen) atoms. The summed E-state index contributed by atoms with van der Waals surface area (Å²) in [6.45, 7) is 4.18. The average molecular weight is 390 g/mol. The van der Waals surface area contributed by atoms with Gasteiger partial charge < -0.3 is 19.6 Å². The van der Waals surface area contributed by atoms with Crippen molar-refractivity contribution in [1.82, 2.24) is 10.1 Å². The number of likely N-dealkylation sites (tertiary alicyclic amines) is 1. The van der Waals surface area contributed by atoms with Crippen LogP contribution in [-0.2, 0) is 10.5 Å². The fourth-order valence-electron chi connectivity index (χ4n) is 3.09. The molecule has 0 aliphatic carbocycles. The molecule has 0 unspecified atom stereocenters. The molecule has 1 fully saturated rings. The van der Waals surface area contributed by atoms with Gasteiger partial charge in [-0.3, -0.25) is 4.79 Å². The maximum atomic E-state index is 12.9. The molecule has 1 aliphatic heterocycles. The predicted octanol–water partition coefficient (Wildman–Crippen LogP) is 2.64. The summed E-state index contributed by atoms with van der Waals surface area (Å²) >= 11 is 1.54. The number of rotatable bonds is 5. The standard InChI is InChI=1S/C19H22N2O5S/c1-12-15(13(2)26-20-12)11-27-16-6-4-3-5-14(16)17(22)21-9-7-19(25,8-10-21)18(23)24/h3-6,25H,7-11H2,1-2H3,(H,23,24). The highest BCUT2D eigenvalue weighted by molar-refractivity contribution is 7.98. The monoisotopic (exact) mass is 390 g/mol. The van der Waals surface area contributed by atoms with Crippen LogP contribution in [0.2, 0.25) is 0 Å². The Hall–Kier alpha value is -2.32. The number of benzene rings is 1. The van der Waals surface area contributed by atoms with E-state index in [0.717, 1.165) is 21.9 Å². The lowest BCUT2D eigenvalue weighted by atomic mass is 9.91. The molecule has 7 nitrogen and oxygen atoms in total. The number of carboxylic acid groups (broad SMARTS) is 1. The van der Waals surface area contributed by atoms with E-state index in [0.29, 0.717) is 11.3 Å². The highest BCUT2D eigenvalue weighted by Crippen LogP contribution is 2.31. The zero-order valence-electron chi connectivity index (χ0n) is 15.3. The minimum Gasteiger partial charge on any atom is -0.479 e. The first-order chi connectivity index (χ1) is 12.8. The number of carboxylic acids is 1. The van der Waals surface area contributed by atoms with Gasteiger partial charge in [0.05, 0.1) is 11.3 Å². The van der Waals surface area contributed by atoms with Gasteiger partial charge in [0.25, 0.3) is 5.91 Å². The number of piperidine rings is 1. The third kappa shape index (κ3) is 4.01. The number of hydrogen-bond acceptors (Lipinski definition) is 6. The number of aliphatic hydroxyl groups is 1. The number of hydrogen-bond donors (Lipinski definition) is 2. The summed E-state index contributed by atoms with van der Waals surface area (Å²) in [5, 5.41) is 23.1. The first-order valence-electron chi connectivity index (χ1n) is 8.70. The van der Waals surface area contributed by atoms with Gasteiger partial charge in [-0.15, -0.1) is 11.8 Å². The van der Waals surface area contributed by atoms with Gasteiger partial charge in [-0.25, -0.2) is 4.79 Å². The van der Waals surface area contributed by atoms with Crippen LogP contribution in [0, 0.1) is 13.8 Å². The number of aliphatic carboxylic acids is 1. The number of amides is 1. The van der Waals surface area contributed by atoms with Crippen molar-refractivity contribution in [2.24, 2.45) is 0 Å². The highest BCUT2D eigenvalue weighted by Gasteiger charge is 2.40. The van der Waals surface area contributed by atoms with Crippen LogP contribution < -0.4 is 0 Å². The van der Waals surface area contributed by atoms with Crippen molar-refractivity contribution in [3.05, 3.63) is 46.8 Å². The Balaban J connectivity index is 1.72. The van der Waals surface area contributed by atoms with Crippen molar-refractivity contribution in [3.63, 3.8) is 0 Å². The molecular formula is C19H22N2O5S. The van der Waals surface area contributed by atoms with Crippen molar-refractivity contribution >= 4 is 23.6 Å². The summed E-state index contributed by atoms with van der Waals surface area (Å²) in [5.41, 5.74) is 0.698. The smallest absolute Gasteiger partial charge is 0.335 e. The second kappa shape index (κ2) is 7.74. The Morgan fingerprint density at radius 2 is 1.93 bits per heavy atom. The van der Waals surface area contributed by atoms with Crippen LogP contribution in [0.1, 0.15) is 40.2 Å². The molecule has 1 aliphatic rings. The number of thioether (sulfide) groups is 1. The molecule has 0 radical (unpaired) electrons. The SMILES string of the molecule is Cc1noc(C)c1CSc1ccccc1C(=O)N1CCC(O)(C(=O)O)CC1. The van der Waals surface area contributed by atoms with E-state index in [-0.39, 0.29) is 31.8 Å². The summed E-state index contributed by atoms with van der Waals surface area (Å²) in [4.78, 5) is 26.6. The van der Waals surface area contributed by atoms with Crippen molar-refractivity contribution in [2.75, 3.05) is 13.1 Å². The molecule has 0 bridgehead atoms. The maximum Gasteiger partial charge on any atom is 0.335 e.